The van der Waals surface area contributed by atoms with Crippen molar-refractivity contribution in [2.45, 2.75) is 31.7 Å². The molecule has 0 saturated carbocycles. The van der Waals surface area contributed by atoms with E-state index >= 15 is 0 Å². The number of rotatable bonds is 6. The largest absolute Gasteiger partial charge is 0.370 e. The van der Waals surface area contributed by atoms with Crippen LogP contribution >= 0.6 is 11.8 Å². The number of hydrogen-bond donors (Lipinski definition) is 1. The first-order valence-corrected chi connectivity index (χ1v) is 6.19. The van der Waals surface area contributed by atoms with E-state index in [0.717, 1.165) is 29.6 Å². The highest BCUT2D eigenvalue weighted by Crippen LogP contribution is 2.17. The highest BCUT2D eigenvalue weighted by atomic mass is 32.2. The van der Waals surface area contributed by atoms with E-state index in [0.29, 0.717) is 0 Å². The summed E-state index contributed by atoms with van der Waals surface area (Å²) in [6.45, 7) is 5.34. The first-order chi connectivity index (χ1) is 6.86. The van der Waals surface area contributed by atoms with E-state index in [4.69, 9.17) is 0 Å². The van der Waals surface area contributed by atoms with E-state index in [1.165, 1.54) is 6.42 Å². The van der Waals surface area contributed by atoms with Gasteiger partial charge < -0.3 is 5.32 Å². The van der Waals surface area contributed by atoms with E-state index < -0.39 is 0 Å². The Morgan fingerprint density at radius 3 is 2.86 bits per heavy atom. The van der Waals surface area contributed by atoms with E-state index in [2.05, 4.69) is 36.3 Å². The molecule has 1 N–H and O–H groups in total. The predicted octanol–water partition coefficient (Wildman–Crippen LogP) is 3.41. The van der Waals surface area contributed by atoms with Crippen LogP contribution < -0.4 is 5.32 Å². The van der Waals surface area contributed by atoms with Crippen molar-refractivity contribution in [2.75, 3.05) is 17.6 Å². The maximum Gasteiger partial charge on any atom is 0.127 e. The molecule has 0 saturated heterocycles. The summed E-state index contributed by atoms with van der Waals surface area (Å²) in [5, 5.41) is 4.41. The zero-order valence-electron chi connectivity index (χ0n) is 8.92. The summed E-state index contributed by atoms with van der Waals surface area (Å²) < 4.78 is 0. The van der Waals surface area contributed by atoms with Gasteiger partial charge in [0.1, 0.15) is 5.82 Å². The Morgan fingerprint density at radius 1 is 1.29 bits per heavy atom. The van der Waals surface area contributed by atoms with Gasteiger partial charge in [0, 0.05) is 6.54 Å². The summed E-state index contributed by atoms with van der Waals surface area (Å²) in [4.78, 5) is 4.50. The Labute approximate surface area is 90.5 Å². The topological polar surface area (TPSA) is 24.9 Å². The third kappa shape index (κ3) is 4.01. The van der Waals surface area contributed by atoms with Crippen LogP contribution in [0.15, 0.2) is 23.2 Å². The number of hydrogen-bond acceptors (Lipinski definition) is 3. The van der Waals surface area contributed by atoms with Crippen LogP contribution in [0.3, 0.4) is 0 Å². The van der Waals surface area contributed by atoms with E-state index in [1.807, 2.05) is 17.8 Å². The third-order valence-corrected chi connectivity index (χ3v) is 2.87. The number of nitrogens with one attached hydrogen (secondary N) is 1. The summed E-state index contributed by atoms with van der Waals surface area (Å²) in [6.07, 6.45) is 2.33. The molecule has 0 amide bonds. The fraction of sp³-hybridized carbons (Fsp3) is 0.545. The molecule has 1 aromatic heterocycles. The number of anilines is 1. The maximum absolute atomic E-state index is 4.50. The summed E-state index contributed by atoms with van der Waals surface area (Å²) >= 11 is 1.82. The fourth-order valence-electron chi connectivity index (χ4n) is 1.05. The van der Waals surface area contributed by atoms with Gasteiger partial charge in [0.05, 0.1) is 5.03 Å². The van der Waals surface area contributed by atoms with Crippen molar-refractivity contribution < 1.29 is 0 Å². The second kappa shape index (κ2) is 6.71. The molecular weight excluding hydrogens is 192 g/mol. The van der Waals surface area contributed by atoms with Crippen molar-refractivity contribution in [3.63, 3.8) is 0 Å². The molecule has 3 heteroatoms. The molecule has 2 nitrogen and oxygen atoms in total. The molecule has 0 aliphatic rings. The van der Waals surface area contributed by atoms with Crippen molar-refractivity contribution >= 4 is 17.6 Å². The predicted molar refractivity (Wildman–Crippen MR) is 64.0 cm³/mol. The van der Waals surface area contributed by atoms with E-state index in [9.17, 15) is 0 Å². The zero-order valence-corrected chi connectivity index (χ0v) is 9.73. The lowest BCUT2D eigenvalue weighted by Crippen LogP contribution is -2.01. The van der Waals surface area contributed by atoms with Crippen LogP contribution in [0.2, 0.25) is 0 Å². The van der Waals surface area contributed by atoms with Crippen molar-refractivity contribution in [2.24, 2.45) is 0 Å². The molecular formula is C11H18N2S. The third-order valence-electron chi connectivity index (χ3n) is 1.73. The van der Waals surface area contributed by atoms with E-state index in [-0.39, 0.29) is 0 Å². The average molecular weight is 210 g/mol. The lowest BCUT2D eigenvalue weighted by molar-refractivity contribution is 0.959. The second-order valence-corrected chi connectivity index (χ2v) is 4.25. The van der Waals surface area contributed by atoms with Crippen molar-refractivity contribution in [1.82, 2.24) is 4.98 Å². The Hall–Kier alpha value is -0.700. The lowest BCUT2D eigenvalue weighted by atomic mass is 10.4. The number of nitrogens with zero attached hydrogens (tertiary/aromatic N) is 1. The lowest BCUT2D eigenvalue weighted by Gasteiger charge is -2.05. The van der Waals surface area contributed by atoms with Crippen LogP contribution in [0.4, 0.5) is 5.82 Å². The first kappa shape index (κ1) is 11.4. The molecule has 0 aliphatic carbocycles. The van der Waals surface area contributed by atoms with Crippen LogP contribution in [0.1, 0.15) is 26.7 Å². The second-order valence-electron chi connectivity index (χ2n) is 3.14. The van der Waals surface area contributed by atoms with Crippen LogP contribution in [0.25, 0.3) is 0 Å². The van der Waals surface area contributed by atoms with E-state index in [1.54, 1.807) is 0 Å². The van der Waals surface area contributed by atoms with Gasteiger partial charge in [-0.3, -0.25) is 0 Å². The summed E-state index contributed by atoms with van der Waals surface area (Å²) in [5.74, 6) is 2.14. The number of aromatic nitrogens is 1. The van der Waals surface area contributed by atoms with Gasteiger partial charge in [0.2, 0.25) is 0 Å². The minimum Gasteiger partial charge on any atom is -0.370 e. The van der Waals surface area contributed by atoms with Crippen molar-refractivity contribution in [3.05, 3.63) is 18.2 Å². The monoisotopic (exact) mass is 210 g/mol. The fourth-order valence-corrected chi connectivity index (χ4v) is 1.80. The minimum absolute atomic E-state index is 0.993. The zero-order chi connectivity index (χ0) is 10.2. The number of pyridine rings is 1. The Kier molecular flexibility index (Phi) is 5.45. The molecule has 78 valence electrons. The maximum atomic E-state index is 4.50. The quantitative estimate of drug-likeness (QED) is 0.728. The van der Waals surface area contributed by atoms with Gasteiger partial charge in [-0.05, 0) is 30.7 Å². The molecule has 1 aromatic rings. The van der Waals surface area contributed by atoms with Gasteiger partial charge in [0.15, 0.2) is 0 Å². The SMILES string of the molecule is CCCNc1cccc(SCCC)n1. The summed E-state index contributed by atoms with van der Waals surface area (Å²) in [6, 6.07) is 6.14. The Balaban J connectivity index is 2.50. The van der Waals surface area contributed by atoms with Crippen molar-refractivity contribution in [3.8, 4) is 0 Å². The standard InChI is InChI=1S/C11H18N2S/c1-3-8-12-10-6-5-7-11(13-10)14-9-4-2/h5-7H,3-4,8-9H2,1-2H3,(H,12,13). The van der Waals surface area contributed by atoms with Gasteiger partial charge >= 0.3 is 0 Å². The number of thioether (sulfide) groups is 1. The minimum atomic E-state index is 0.993. The van der Waals surface area contributed by atoms with Crippen molar-refractivity contribution in [1.29, 1.82) is 0 Å². The molecule has 0 aliphatic heterocycles. The summed E-state index contributed by atoms with van der Waals surface area (Å²) in [5.41, 5.74) is 0. The van der Waals surface area contributed by atoms with Crippen LogP contribution in [-0.4, -0.2) is 17.3 Å². The Morgan fingerprint density at radius 2 is 2.14 bits per heavy atom. The molecule has 0 spiro atoms. The Bertz CT molecular complexity index is 240. The smallest absolute Gasteiger partial charge is 0.127 e. The molecule has 0 bridgehead atoms. The van der Waals surface area contributed by atoms with Gasteiger partial charge in [-0.15, -0.1) is 11.8 Å². The molecule has 0 fully saturated rings. The van der Waals surface area contributed by atoms with Gasteiger partial charge in [-0.1, -0.05) is 19.9 Å². The van der Waals surface area contributed by atoms with Crippen LogP contribution in [-0.2, 0) is 0 Å². The van der Waals surface area contributed by atoms with Crippen LogP contribution in [0, 0.1) is 0 Å². The average Bonchev–Trinajstić information content (AvgIpc) is 2.24. The highest BCUT2D eigenvalue weighted by Gasteiger charge is 1.96. The van der Waals surface area contributed by atoms with Gasteiger partial charge in [-0.25, -0.2) is 4.98 Å². The molecule has 14 heavy (non-hydrogen) atoms. The molecule has 1 heterocycles. The molecule has 0 unspecified atom stereocenters. The van der Waals surface area contributed by atoms with Gasteiger partial charge in [0.25, 0.3) is 0 Å². The molecule has 1 rings (SSSR count). The molecule has 0 atom stereocenters. The van der Waals surface area contributed by atoms with Gasteiger partial charge in [-0.2, -0.15) is 0 Å². The molecule has 0 radical (unpaired) electrons. The highest BCUT2D eigenvalue weighted by molar-refractivity contribution is 7.99. The first-order valence-electron chi connectivity index (χ1n) is 5.20. The molecule has 0 aromatic carbocycles. The summed E-state index contributed by atoms with van der Waals surface area (Å²) in [7, 11) is 0. The normalized spacial score (nSPS) is 10.1. The van der Waals surface area contributed by atoms with Crippen LogP contribution in [0.5, 0.6) is 0 Å².